The lowest BCUT2D eigenvalue weighted by molar-refractivity contribution is -0.534. The number of ether oxygens (including phenoxy) is 1. The second-order valence-electron chi connectivity index (χ2n) is 4.65. The maximum absolute atomic E-state index is 12.2. The highest BCUT2D eigenvalue weighted by Gasteiger charge is 2.56. The largest absolute Gasteiger partial charge is 0.435 e. The molecule has 0 saturated heterocycles. The molecule has 0 saturated carbocycles. The molecule has 0 spiro atoms. The molecule has 0 unspecified atom stereocenters. The Morgan fingerprint density at radius 2 is 1.94 bits per heavy atom. The Kier molecular flexibility index (Phi) is 3.31. The highest BCUT2D eigenvalue weighted by atomic mass is 35.6. The second kappa shape index (κ2) is 4.27. The predicted molar refractivity (Wildman–Crippen MR) is 71.4 cm³/mol. The van der Waals surface area contributed by atoms with Crippen LogP contribution in [0, 0.1) is 13.8 Å². The van der Waals surface area contributed by atoms with Crippen LogP contribution in [0.25, 0.3) is 0 Å². The molecule has 1 heterocycles. The topological polar surface area (TPSA) is 53.9 Å². The molecule has 1 aliphatic heterocycles. The average Bonchev–Trinajstić information content (AvgIpc) is 2.12. The lowest BCUT2D eigenvalue weighted by atomic mass is 9.93. The lowest BCUT2D eigenvalue weighted by Gasteiger charge is -2.36. The van der Waals surface area contributed by atoms with Gasteiger partial charge in [-0.3, -0.25) is 4.79 Å². The molecule has 2 rings (SSSR count). The van der Waals surface area contributed by atoms with Crippen molar-refractivity contribution in [2.24, 2.45) is 0 Å². The summed E-state index contributed by atoms with van der Waals surface area (Å²) >= 11 is 17.6. The molecule has 6 heteroatoms. The van der Waals surface area contributed by atoms with Crippen molar-refractivity contribution in [3.05, 3.63) is 28.8 Å². The maximum atomic E-state index is 12.2. The van der Waals surface area contributed by atoms with Crippen LogP contribution >= 0.6 is 34.8 Å². The number of ketones is 1. The molecule has 3 nitrogen and oxygen atoms in total. The van der Waals surface area contributed by atoms with Gasteiger partial charge in [0.15, 0.2) is 5.78 Å². The van der Waals surface area contributed by atoms with Crippen LogP contribution < -0.4 is 10.5 Å². The Hall–Kier alpha value is -0.480. The van der Waals surface area contributed by atoms with E-state index in [2.05, 4.69) is 5.73 Å². The molecular formula is C12H13Cl3NO2+. The number of hydrogen-bond donors (Lipinski definition) is 1. The lowest BCUT2D eigenvalue weighted by Crippen LogP contribution is -2.83. The van der Waals surface area contributed by atoms with Gasteiger partial charge >= 0.3 is 0 Å². The zero-order valence-electron chi connectivity index (χ0n) is 10.0. The van der Waals surface area contributed by atoms with Crippen molar-refractivity contribution in [2.75, 3.05) is 0 Å². The minimum Gasteiger partial charge on any atom is -0.435 e. The third kappa shape index (κ3) is 2.21. The van der Waals surface area contributed by atoms with Crippen molar-refractivity contribution >= 4 is 40.6 Å². The van der Waals surface area contributed by atoms with Gasteiger partial charge in [0.1, 0.15) is 12.2 Å². The predicted octanol–water partition coefficient (Wildman–Crippen LogP) is 2.58. The average molecular weight is 310 g/mol. The molecule has 1 aromatic carbocycles. The van der Waals surface area contributed by atoms with E-state index in [9.17, 15) is 4.79 Å². The molecular weight excluding hydrogens is 296 g/mol. The van der Waals surface area contributed by atoms with E-state index in [1.807, 2.05) is 19.9 Å². The summed E-state index contributed by atoms with van der Waals surface area (Å²) in [5.74, 6) is 0.320. The molecule has 0 aliphatic carbocycles. The SMILES string of the molecule is Cc1cc(C)c2c(c1)O[C@]([NH3+])(C(Cl)(Cl)Cl)CC2=O. The van der Waals surface area contributed by atoms with Gasteiger partial charge in [0.05, 0.1) is 5.56 Å². The molecule has 0 bridgehead atoms. The van der Waals surface area contributed by atoms with E-state index < -0.39 is 9.52 Å². The number of fused-ring (bicyclic) bond motifs is 1. The van der Waals surface area contributed by atoms with Gasteiger partial charge in [-0.15, -0.1) is 0 Å². The Bertz CT molecular complexity index is 525. The van der Waals surface area contributed by atoms with Crippen LogP contribution in [0.4, 0.5) is 0 Å². The molecule has 1 atom stereocenters. The van der Waals surface area contributed by atoms with Crippen molar-refractivity contribution in [1.82, 2.24) is 0 Å². The van der Waals surface area contributed by atoms with Crippen LogP contribution in [0.1, 0.15) is 27.9 Å². The van der Waals surface area contributed by atoms with Crippen LogP contribution in [0.5, 0.6) is 5.75 Å². The summed E-state index contributed by atoms with van der Waals surface area (Å²) in [6, 6.07) is 3.68. The highest BCUT2D eigenvalue weighted by molar-refractivity contribution is 6.68. The van der Waals surface area contributed by atoms with E-state index in [1.165, 1.54) is 0 Å². The first-order chi connectivity index (χ1) is 8.14. The van der Waals surface area contributed by atoms with Gasteiger partial charge in [0.2, 0.25) is 0 Å². The fourth-order valence-electron chi connectivity index (χ4n) is 2.12. The summed E-state index contributed by atoms with van der Waals surface area (Å²) in [6.45, 7) is 3.77. The van der Waals surface area contributed by atoms with Crippen LogP contribution in [0.2, 0.25) is 0 Å². The molecule has 0 aromatic heterocycles. The first-order valence-electron chi connectivity index (χ1n) is 5.39. The third-order valence-electron chi connectivity index (χ3n) is 2.99. The summed E-state index contributed by atoms with van der Waals surface area (Å²) in [5, 5.41) is 0. The van der Waals surface area contributed by atoms with Crippen LogP contribution in [0.3, 0.4) is 0 Å². The van der Waals surface area contributed by atoms with E-state index in [0.29, 0.717) is 11.3 Å². The van der Waals surface area contributed by atoms with Gasteiger partial charge in [-0.2, -0.15) is 0 Å². The van der Waals surface area contributed by atoms with Crippen LogP contribution in [-0.4, -0.2) is 15.3 Å². The summed E-state index contributed by atoms with van der Waals surface area (Å²) in [4.78, 5) is 12.2. The zero-order valence-corrected chi connectivity index (χ0v) is 12.3. The first kappa shape index (κ1) is 13.9. The van der Waals surface area contributed by atoms with Crippen molar-refractivity contribution < 1.29 is 15.3 Å². The minimum atomic E-state index is -1.77. The van der Waals surface area contributed by atoms with Crippen molar-refractivity contribution in [2.45, 2.75) is 29.8 Å². The highest BCUT2D eigenvalue weighted by Crippen LogP contribution is 2.44. The van der Waals surface area contributed by atoms with Crippen molar-refractivity contribution in [3.63, 3.8) is 0 Å². The van der Waals surface area contributed by atoms with E-state index in [1.54, 1.807) is 6.07 Å². The number of quaternary nitrogens is 1. The minimum absolute atomic E-state index is 0.0552. The molecule has 3 N–H and O–H groups in total. The summed E-state index contributed by atoms with van der Waals surface area (Å²) in [6.07, 6.45) is -0.0552. The fraction of sp³-hybridized carbons (Fsp3) is 0.417. The number of rotatable bonds is 0. The van der Waals surface area contributed by atoms with Gasteiger partial charge in [0, 0.05) is 0 Å². The maximum Gasteiger partial charge on any atom is 0.293 e. The zero-order chi connectivity index (χ0) is 13.7. The standard InChI is InChI=1S/C12H12Cl3NO2/c1-6-3-7(2)10-8(17)5-11(16,12(13,14)15)18-9(10)4-6/h3-4H,5,16H2,1-2H3/p+1/t11-/m0/s1. The number of carbonyl (C=O) groups is 1. The summed E-state index contributed by atoms with van der Waals surface area (Å²) in [7, 11) is 0. The number of benzene rings is 1. The molecule has 18 heavy (non-hydrogen) atoms. The van der Waals surface area contributed by atoms with Gasteiger partial charge < -0.3 is 10.5 Å². The molecule has 1 aromatic rings. The number of aryl methyl sites for hydroxylation is 2. The molecule has 1 aliphatic rings. The number of hydrogen-bond acceptors (Lipinski definition) is 2. The fourth-order valence-corrected chi connectivity index (χ4v) is 2.44. The molecule has 0 radical (unpaired) electrons. The van der Waals surface area contributed by atoms with E-state index in [0.717, 1.165) is 11.1 Å². The van der Waals surface area contributed by atoms with E-state index in [-0.39, 0.29) is 12.2 Å². The third-order valence-corrected chi connectivity index (χ3v) is 4.02. The van der Waals surface area contributed by atoms with E-state index in [4.69, 9.17) is 39.5 Å². The van der Waals surface area contributed by atoms with Gasteiger partial charge in [-0.25, -0.2) is 0 Å². The van der Waals surface area contributed by atoms with Crippen molar-refractivity contribution in [3.8, 4) is 5.75 Å². The summed E-state index contributed by atoms with van der Waals surface area (Å²) < 4.78 is 3.92. The molecule has 0 amide bonds. The summed E-state index contributed by atoms with van der Waals surface area (Å²) in [5.41, 5.74) is 4.77. The van der Waals surface area contributed by atoms with Gasteiger partial charge in [-0.1, -0.05) is 40.9 Å². The van der Waals surface area contributed by atoms with Crippen LogP contribution in [-0.2, 0) is 0 Å². The Morgan fingerprint density at radius 3 is 2.50 bits per heavy atom. The number of alkyl halides is 3. The molecule has 0 fully saturated rings. The van der Waals surface area contributed by atoms with Gasteiger partial charge in [0.25, 0.3) is 9.52 Å². The monoisotopic (exact) mass is 308 g/mol. The number of halogens is 3. The Balaban J connectivity index is 2.56. The Morgan fingerprint density at radius 1 is 1.33 bits per heavy atom. The number of carbonyl (C=O) groups excluding carboxylic acids is 1. The first-order valence-corrected chi connectivity index (χ1v) is 6.53. The van der Waals surface area contributed by atoms with Crippen LogP contribution in [0.15, 0.2) is 12.1 Å². The van der Waals surface area contributed by atoms with Gasteiger partial charge in [-0.05, 0) is 31.0 Å². The molecule has 98 valence electrons. The van der Waals surface area contributed by atoms with Crippen molar-refractivity contribution in [1.29, 1.82) is 0 Å². The number of Topliss-reactive ketones (excluding diaryl/α,β-unsaturated/α-hetero) is 1. The normalized spacial score (nSPS) is 23.6. The second-order valence-corrected chi connectivity index (χ2v) is 6.93. The smallest absolute Gasteiger partial charge is 0.293 e. The quantitative estimate of drug-likeness (QED) is 0.749. The van der Waals surface area contributed by atoms with E-state index >= 15 is 0 Å². The Labute approximate surface area is 120 Å².